The van der Waals surface area contributed by atoms with Crippen LogP contribution < -0.4 is 15.8 Å². The molecule has 0 fully saturated rings. The first-order valence-electron chi connectivity index (χ1n) is 8.05. The van der Waals surface area contributed by atoms with Crippen LogP contribution >= 0.6 is 0 Å². The number of nitrogens with two attached hydrogens (primary N) is 1. The standard InChI is InChI=1S/C16H27N3O3S/c1-3-5-6-7-11-18-16(20)19-15(4-2)13-9-8-10-14(12-13)23(17,21)22/h8-10,12,15H,3-7,11H2,1-2H3,(H2,17,21,22)(H2,18,19,20). The predicted octanol–water partition coefficient (Wildman–Crippen LogP) is 2.66. The molecule has 0 aliphatic heterocycles. The molecule has 0 aliphatic rings. The third-order valence-corrected chi connectivity index (χ3v) is 4.53. The van der Waals surface area contributed by atoms with Gasteiger partial charge in [0.05, 0.1) is 10.9 Å². The van der Waals surface area contributed by atoms with Crippen LogP contribution in [0.4, 0.5) is 4.79 Å². The minimum Gasteiger partial charge on any atom is -0.338 e. The fraction of sp³-hybridized carbons (Fsp3) is 0.562. The van der Waals surface area contributed by atoms with Crippen molar-refractivity contribution in [2.45, 2.75) is 56.9 Å². The molecular weight excluding hydrogens is 314 g/mol. The molecule has 0 saturated carbocycles. The quantitative estimate of drug-likeness (QED) is 0.602. The lowest BCUT2D eigenvalue weighted by atomic mass is 10.1. The summed E-state index contributed by atoms with van der Waals surface area (Å²) in [6.07, 6.45) is 5.03. The van der Waals surface area contributed by atoms with Crippen molar-refractivity contribution < 1.29 is 13.2 Å². The van der Waals surface area contributed by atoms with E-state index in [2.05, 4.69) is 17.6 Å². The number of hydrogen-bond donors (Lipinski definition) is 3. The van der Waals surface area contributed by atoms with Gasteiger partial charge in [0, 0.05) is 6.54 Å². The summed E-state index contributed by atoms with van der Waals surface area (Å²) in [7, 11) is -3.75. The second kappa shape index (κ2) is 9.52. The molecule has 130 valence electrons. The van der Waals surface area contributed by atoms with E-state index >= 15 is 0 Å². The highest BCUT2D eigenvalue weighted by atomic mass is 32.2. The van der Waals surface area contributed by atoms with Gasteiger partial charge in [-0.05, 0) is 30.5 Å². The first-order chi connectivity index (χ1) is 10.9. The molecule has 2 amide bonds. The molecule has 1 atom stereocenters. The number of benzene rings is 1. The van der Waals surface area contributed by atoms with E-state index in [1.165, 1.54) is 18.6 Å². The van der Waals surface area contributed by atoms with E-state index in [1.54, 1.807) is 12.1 Å². The van der Waals surface area contributed by atoms with Gasteiger partial charge in [-0.1, -0.05) is 45.2 Å². The van der Waals surface area contributed by atoms with Crippen molar-refractivity contribution in [2.24, 2.45) is 5.14 Å². The van der Waals surface area contributed by atoms with E-state index in [4.69, 9.17) is 5.14 Å². The van der Waals surface area contributed by atoms with E-state index < -0.39 is 10.0 Å². The molecule has 23 heavy (non-hydrogen) atoms. The summed E-state index contributed by atoms with van der Waals surface area (Å²) in [5.41, 5.74) is 0.722. The average molecular weight is 341 g/mol. The zero-order valence-corrected chi connectivity index (χ0v) is 14.7. The lowest BCUT2D eigenvalue weighted by molar-refractivity contribution is 0.236. The number of rotatable bonds is 9. The summed E-state index contributed by atoms with van der Waals surface area (Å²) in [5, 5.41) is 10.8. The first kappa shape index (κ1) is 19.4. The molecule has 6 nitrogen and oxygen atoms in total. The first-order valence-corrected chi connectivity index (χ1v) is 9.60. The van der Waals surface area contributed by atoms with Crippen LogP contribution in [-0.4, -0.2) is 21.0 Å². The third kappa shape index (κ3) is 7.00. The van der Waals surface area contributed by atoms with Gasteiger partial charge in [0.2, 0.25) is 10.0 Å². The van der Waals surface area contributed by atoms with Gasteiger partial charge >= 0.3 is 6.03 Å². The minimum atomic E-state index is -3.75. The van der Waals surface area contributed by atoms with Crippen molar-refractivity contribution in [1.82, 2.24) is 10.6 Å². The molecule has 0 saturated heterocycles. The van der Waals surface area contributed by atoms with E-state index in [0.717, 1.165) is 24.8 Å². The Morgan fingerprint density at radius 3 is 2.57 bits per heavy atom. The van der Waals surface area contributed by atoms with Gasteiger partial charge in [-0.15, -0.1) is 0 Å². The van der Waals surface area contributed by atoms with Crippen LogP contribution in [0.2, 0.25) is 0 Å². The molecule has 0 aromatic heterocycles. The van der Waals surface area contributed by atoms with Crippen molar-refractivity contribution >= 4 is 16.1 Å². The number of carbonyl (C=O) groups is 1. The number of amides is 2. The largest absolute Gasteiger partial charge is 0.338 e. The van der Waals surface area contributed by atoms with E-state index in [1.807, 2.05) is 6.92 Å². The van der Waals surface area contributed by atoms with Crippen LogP contribution in [0.3, 0.4) is 0 Å². The Morgan fingerprint density at radius 2 is 1.96 bits per heavy atom. The number of unbranched alkanes of at least 4 members (excludes halogenated alkanes) is 3. The maximum Gasteiger partial charge on any atom is 0.315 e. The second-order valence-electron chi connectivity index (χ2n) is 5.54. The average Bonchev–Trinajstić information content (AvgIpc) is 2.51. The van der Waals surface area contributed by atoms with Crippen LogP contribution in [-0.2, 0) is 10.0 Å². The van der Waals surface area contributed by atoms with Gasteiger partial charge in [0.15, 0.2) is 0 Å². The molecule has 0 bridgehead atoms. The fourth-order valence-electron chi connectivity index (χ4n) is 2.29. The summed E-state index contributed by atoms with van der Waals surface area (Å²) in [5.74, 6) is 0. The Kier molecular flexibility index (Phi) is 8.05. The van der Waals surface area contributed by atoms with Crippen molar-refractivity contribution in [1.29, 1.82) is 0 Å². The van der Waals surface area contributed by atoms with Crippen molar-refractivity contribution in [3.05, 3.63) is 29.8 Å². The van der Waals surface area contributed by atoms with Gasteiger partial charge in [0.25, 0.3) is 0 Å². The molecular formula is C16H27N3O3S. The smallest absolute Gasteiger partial charge is 0.315 e. The predicted molar refractivity (Wildman–Crippen MR) is 91.5 cm³/mol. The Labute approximate surface area is 138 Å². The lowest BCUT2D eigenvalue weighted by Gasteiger charge is -2.18. The molecule has 0 aliphatic carbocycles. The SMILES string of the molecule is CCCCCCNC(=O)NC(CC)c1cccc(S(N)(=O)=O)c1. The summed E-state index contributed by atoms with van der Waals surface area (Å²) in [6.45, 7) is 4.71. The van der Waals surface area contributed by atoms with Crippen LogP contribution in [0.1, 0.15) is 57.6 Å². The van der Waals surface area contributed by atoms with Gasteiger partial charge in [0.1, 0.15) is 0 Å². The van der Waals surface area contributed by atoms with Crippen LogP contribution in [0.5, 0.6) is 0 Å². The zero-order chi connectivity index (χ0) is 17.3. The molecule has 1 unspecified atom stereocenters. The zero-order valence-electron chi connectivity index (χ0n) is 13.8. The highest BCUT2D eigenvalue weighted by molar-refractivity contribution is 7.89. The molecule has 0 spiro atoms. The Balaban J connectivity index is 2.61. The number of hydrogen-bond acceptors (Lipinski definition) is 3. The molecule has 1 aromatic rings. The highest BCUT2D eigenvalue weighted by Gasteiger charge is 2.15. The molecule has 1 rings (SSSR count). The number of nitrogens with one attached hydrogen (secondary N) is 2. The maximum atomic E-state index is 11.9. The van der Waals surface area contributed by atoms with Crippen LogP contribution in [0.15, 0.2) is 29.2 Å². The molecule has 4 N–H and O–H groups in total. The van der Waals surface area contributed by atoms with Crippen molar-refractivity contribution in [3.63, 3.8) is 0 Å². The second-order valence-corrected chi connectivity index (χ2v) is 7.10. The Hall–Kier alpha value is -1.60. The van der Waals surface area contributed by atoms with Gasteiger partial charge in [-0.25, -0.2) is 18.4 Å². The minimum absolute atomic E-state index is 0.0511. The topological polar surface area (TPSA) is 101 Å². The van der Waals surface area contributed by atoms with Crippen molar-refractivity contribution in [2.75, 3.05) is 6.54 Å². The number of urea groups is 1. The molecule has 0 radical (unpaired) electrons. The Morgan fingerprint density at radius 1 is 1.22 bits per heavy atom. The van der Waals surface area contributed by atoms with E-state index in [0.29, 0.717) is 13.0 Å². The maximum absolute atomic E-state index is 11.9. The fourth-order valence-corrected chi connectivity index (χ4v) is 2.86. The Bertz CT molecular complexity index is 602. The normalized spacial score (nSPS) is 12.7. The van der Waals surface area contributed by atoms with E-state index in [9.17, 15) is 13.2 Å². The van der Waals surface area contributed by atoms with Gasteiger partial charge in [-0.3, -0.25) is 0 Å². The summed E-state index contributed by atoms with van der Waals surface area (Å²) in [4.78, 5) is 12.0. The molecule has 0 heterocycles. The van der Waals surface area contributed by atoms with Gasteiger partial charge < -0.3 is 10.6 Å². The lowest BCUT2D eigenvalue weighted by Crippen LogP contribution is -2.38. The summed E-state index contributed by atoms with van der Waals surface area (Å²) >= 11 is 0. The number of carbonyl (C=O) groups excluding carboxylic acids is 1. The summed E-state index contributed by atoms with van der Waals surface area (Å²) in [6, 6.07) is 5.86. The van der Waals surface area contributed by atoms with E-state index in [-0.39, 0.29) is 17.0 Å². The van der Waals surface area contributed by atoms with Gasteiger partial charge in [-0.2, -0.15) is 0 Å². The highest BCUT2D eigenvalue weighted by Crippen LogP contribution is 2.19. The molecule has 1 aromatic carbocycles. The third-order valence-electron chi connectivity index (χ3n) is 3.62. The van der Waals surface area contributed by atoms with Crippen LogP contribution in [0, 0.1) is 0 Å². The monoisotopic (exact) mass is 341 g/mol. The number of sulfonamides is 1. The number of primary sulfonamides is 1. The van der Waals surface area contributed by atoms with Crippen LogP contribution in [0.25, 0.3) is 0 Å². The van der Waals surface area contributed by atoms with Crippen molar-refractivity contribution in [3.8, 4) is 0 Å². The molecule has 7 heteroatoms. The summed E-state index contributed by atoms with van der Waals surface area (Å²) < 4.78 is 22.8.